The van der Waals surface area contributed by atoms with Crippen molar-refractivity contribution in [2.45, 2.75) is 39.0 Å². The van der Waals surface area contributed by atoms with Gasteiger partial charge in [-0.1, -0.05) is 6.07 Å². The van der Waals surface area contributed by atoms with Crippen LogP contribution in [0, 0.1) is 6.92 Å². The van der Waals surface area contributed by atoms with Crippen LogP contribution >= 0.6 is 0 Å². The molecule has 39 heavy (non-hydrogen) atoms. The van der Waals surface area contributed by atoms with E-state index in [1.165, 1.54) is 4.68 Å². The minimum absolute atomic E-state index is 0.0511. The van der Waals surface area contributed by atoms with Crippen molar-refractivity contribution in [3.05, 3.63) is 82.7 Å². The van der Waals surface area contributed by atoms with Gasteiger partial charge < -0.3 is 14.0 Å². The summed E-state index contributed by atoms with van der Waals surface area (Å²) in [6.45, 7) is 2.99. The summed E-state index contributed by atoms with van der Waals surface area (Å²) in [5.41, 5.74) is 4.70. The lowest BCUT2D eigenvalue weighted by Gasteiger charge is -2.23. The SMILES string of the molecule is Cc1cccc(Cn2ncc3c4cc(Oc5ccc6c(cnn6C6CCCCO6)n5)ccc4n(C)c3c2=O)n1. The standard InChI is InChI=1S/C29H27N7O3/c1-18-6-5-7-19(32-18)17-35-29(37)28-22(15-30-35)21-14-20(9-10-24(21)34(28)2)39-26-12-11-25-23(33-26)16-31-36(25)27-8-3-4-13-38-27/h5-7,9-12,14-16,27H,3-4,8,13,17H2,1-2H3. The van der Waals surface area contributed by atoms with E-state index in [9.17, 15) is 4.79 Å². The summed E-state index contributed by atoms with van der Waals surface area (Å²) in [6.07, 6.45) is 6.60. The predicted octanol–water partition coefficient (Wildman–Crippen LogP) is 4.88. The number of hydrogen-bond donors (Lipinski definition) is 0. The molecule has 1 atom stereocenters. The van der Waals surface area contributed by atoms with Crippen molar-refractivity contribution in [3.63, 3.8) is 0 Å². The third kappa shape index (κ3) is 4.13. The number of nitrogens with zero attached hydrogens (tertiary/aromatic N) is 7. The van der Waals surface area contributed by atoms with Gasteiger partial charge in [0.05, 0.1) is 30.1 Å². The summed E-state index contributed by atoms with van der Waals surface area (Å²) in [4.78, 5) is 22.6. The number of hydrogen-bond acceptors (Lipinski definition) is 7. The summed E-state index contributed by atoms with van der Waals surface area (Å²) in [5, 5.41) is 10.6. The lowest BCUT2D eigenvalue weighted by atomic mass is 10.2. The number of ether oxygens (including phenoxy) is 2. The number of aromatic nitrogens is 7. The van der Waals surface area contributed by atoms with Crippen molar-refractivity contribution in [3.8, 4) is 11.6 Å². The zero-order chi connectivity index (χ0) is 26.5. The fraction of sp³-hybridized carbons (Fsp3) is 0.276. The van der Waals surface area contributed by atoms with Gasteiger partial charge in [0.2, 0.25) is 5.88 Å². The largest absolute Gasteiger partial charge is 0.439 e. The van der Waals surface area contributed by atoms with Crippen LogP contribution < -0.4 is 10.3 Å². The third-order valence-electron chi connectivity index (χ3n) is 7.31. The number of benzene rings is 1. The van der Waals surface area contributed by atoms with E-state index in [-0.39, 0.29) is 11.8 Å². The molecule has 6 aromatic rings. The normalized spacial score (nSPS) is 15.9. The first-order valence-electron chi connectivity index (χ1n) is 13.1. The number of rotatable bonds is 5. The van der Waals surface area contributed by atoms with Gasteiger partial charge >= 0.3 is 0 Å². The Morgan fingerprint density at radius 3 is 2.74 bits per heavy atom. The highest BCUT2D eigenvalue weighted by atomic mass is 16.5. The highest BCUT2D eigenvalue weighted by Gasteiger charge is 2.20. The Morgan fingerprint density at radius 1 is 1.00 bits per heavy atom. The molecule has 196 valence electrons. The van der Waals surface area contributed by atoms with Crippen LogP contribution in [-0.4, -0.2) is 40.7 Å². The van der Waals surface area contributed by atoms with Gasteiger partial charge in [-0.2, -0.15) is 10.2 Å². The Hall–Kier alpha value is -4.57. The molecule has 10 nitrogen and oxygen atoms in total. The van der Waals surface area contributed by atoms with Crippen LogP contribution in [0.2, 0.25) is 0 Å². The van der Waals surface area contributed by atoms with Gasteiger partial charge in [-0.15, -0.1) is 0 Å². The fourth-order valence-electron chi connectivity index (χ4n) is 5.40. The molecule has 1 saturated heterocycles. The van der Waals surface area contributed by atoms with E-state index in [2.05, 4.69) is 20.2 Å². The van der Waals surface area contributed by atoms with Crippen molar-refractivity contribution in [1.82, 2.24) is 34.1 Å². The zero-order valence-corrected chi connectivity index (χ0v) is 21.7. The van der Waals surface area contributed by atoms with Gasteiger partial charge in [-0.25, -0.2) is 14.3 Å². The second-order valence-electron chi connectivity index (χ2n) is 9.94. The van der Waals surface area contributed by atoms with Gasteiger partial charge in [0.1, 0.15) is 16.8 Å². The van der Waals surface area contributed by atoms with Gasteiger partial charge in [0, 0.05) is 41.7 Å². The summed E-state index contributed by atoms with van der Waals surface area (Å²) in [6, 6.07) is 15.3. The minimum atomic E-state index is -0.164. The predicted molar refractivity (Wildman–Crippen MR) is 147 cm³/mol. The average Bonchev–Trinajstić information content (AvgIpc) is 3.49. The Kier molecular flexibility index (Phi) is 5.62. The lowest BCUT2D eigenvalue weighted by molar-refractivity contribution is -0.0366. The van der Waals surface area contributed by atoms with Crippen molar-refractivity contribution in [1.29, 1.82) is 0 Å². The molecular weight excluding hydrogens is 494 g/mol. The maximum absolute atomic E-state index is 13.4. The first-order chi connectivity index (χ1) is 19.0. The molecule has 0 bridgehead atoms. The van der Waals surface area contributed by atoms with Crippen LogP contribution in [-0.2, 0) is 18.3 Å². The maximum atomic E-state index is 13.4. The highest BCUT2D eigenvalue weighted by Crippen LogP contribution is 2.32. The Balaban J connectivity index is 1.21. The first-order valence-corrected chi connectivity index (χ1v) is 13.1. The number of fused-ring (bicyclic) bond motifs is 4. The molecule has 6 heterocycles. The molecule has 0 aliphatic carbocycles. The van der Waals surface area contributed by atoms with E-state index >= 15 is 0 Å². The van der Waals surface area contributed by atoms with Crippen molar-refractivity contribution in [2.75, 3.05) is 6.61 Å². The van der Waals surface area contributed by atoms with Gasteiger partial charge in [0.25, 0.3) is 5.56 Å². The van der Waals surface area contributed by atoms with E-state index in [0.29, 0.717) is 23.7 Å². The molecule has 0 N–H and O–H groups in total. The van der Waals surface area contributed by atoms with E-state index in [0.717, 1.165) is 64.6 Å². The van der Waals surface area contributed by atoms with Crippen LogP contribution in [0.4, 0.5) is 0 Å². The topological polar surface area (TPSA) is 102 Å². The van der Waals surface area contributed by atoms with Crippen molar-refractivity contribution < 1.29 is 9.47 Å². The van der Waals surface area contributed by atoms with Gasteiger partial charge in [-0.3, -0.25) is 9.78 Å². The van der Waals surface area contributed by atoms with Gasteiger partial charge in [-0.05, 0) is 62.6 Å². The van der Waals surface area contributed by atoms with Crippen molar-refractivity contribution >= 4 is 32.8 Å². The average molecular weight is 522 g/mol. The van der Waals surface area contributed by atoms with Crippen LogP contribution in [0.15, 0.2) is 65.7 Å². The number of aryl methyl sites for hydroxylation is 2. The lowest BCUT2D eigenvalue weighted by Crippen LogP contribution is -2.24. The highest BCUT2D eigenvalue weighted by molar-refractivity contribution is 6.07. The van der Waals surface area contributed by atoms with Crippen molar-refractivity contribution in [2.24, 2.45) is 7.05 Å². The molecule has 1 unspecified atom stereocenters. The maximum Gasteiger partial charge on any atom is 0.291 e. The van der Waals surface area contributed by atoms with E-state index in [1.54, 1.807) is 12.4 Å². The molecule has 1 aliphatic rings. The van der Waals surface area contributed by atoms with Crippen LogP contribution in [0.1, 0.15) is 36.9 Å². The Labute approximate surface area is 223 Å². The Bertz CT molecular complexity index is 1910. The molecule has 1 fully saturated rings. The molecule has 7 rings (SSSR count). The summed E-state index contributed by atoms with van der Waals surface area (Å²) < 4.78 is 17.3. The smallest absolute Gasteiger partial charge is 0.291 e. The van der Waals surface area contributed by atoms with Gasteiger partial charge in [0.15, 0.2) is 6.23 Å². The van der Waals surface area contributed by atoms with Crippen LogP contribution in [0.3, 0.4) is 0 Å². The molecule has 5 aromatic heterocycles. The zero-order valence-electron chi connectivity index (χ0n) is 21.7. The summed E-state index contributed by atoms with van der Waals surface area (Å²) in [5.74, 6) is 1.09. The Morgan fingerprint density at radius 2 is 1.90 bits per heavy atom. The van der Waals surface area contributed by atoms with Crippen LogP contribution in [0.5, 0.6) is 11.6 Å². The monoisotopic (exact) mass is 521 g/mol. The molecule has 0 amide bonds. The quantitative estimate of drug-likeness (QED) is 0.319. The third-order valence-corrected chi connectivity index (χ3v) is 7.31. The number of pyridine rings is 2. The first kappa shape index (κ1) is 23.5. The second-order valence-corrected chi connectivity index (χ2v) is 9.94. The molecule has 1 aliphatic heterocycles. The van der Waals surface area contributed by atoms with E-state index in [4.69, 9.17) is 9.47 Å². The second kappa shape index (κ2) is 9.32. The molecule has 0 radical (unpaired) electrons. The molecule has 0 saturated carbocycles. The summed E-state index contributed by atoms with van der Waals surface area (Å²) >= 11 is 0. The minimum Gasteiger partial charge on any atom is -0.439 e. The fourth-order valence-corrected chi connectivity index (χ4v) is 5.40. The van der Waals surface area contributed by atoms with E-state index < -0.39 is 0 Å². The van der Waals surface area contributed by atoms with E-state index in [1.807, 2.05) is 71.8 Å². The molecule has 0 spiro atoms. The molecular formula is C29H27N7O3. The molecule has 10 heteroatoms. The summed E-state index contributed by atoms with van der Waals surface area (Å²) in [7, 11) is 1.89. The molecule has 1 aromatic carbocycles. The van der Waals surface area contributed by atoms with Crippen LogP contribution in [0.25, 0.3) is 32.8 Å².